The van der Waals surface area contributed by atoms with E-state index in [-0.39, 0.29) is 31.6 Å². The van der Waals surface area contributed by atoms with Crippen LogP contribution in [0.4, 0.5) is 22.0 Å². The van der Waals surface area contributed by atoms with E-state index >= 15 is 4.39 Å². The lowest BCUT2D eigenvalue weighted by Gasteiger charge is -2.41. The first-order chi connectivity index (χ1) is 29.8. The van der Waals surface area contributed by atoms with Gasteiger partial charge in [0.15, 0.2) is 9.84 Å². The van der Waals surface area contributed by atoms with Gasteiger partial charge in [-0.15, -0.1) is 0 Å². The first kappa shape index (κ1) is 54.7. The molecule has 3 atom stereocenters. The highest BCUT2D eigenvalue weighted by Gasteiger charge is 2.39. The molecule has 0 aliphatic rings. The Morgan fingerprint density at radius 3 is 2.02 bits per heavy atom. The van der Waals surface area contributed by atoms with Crippen LogP contribution in [-0.4, -0.2) is 120 Å². The second kappa shape index (κ2) is 25.1. The van der Waals surface area contributed by atoms with Gasteiger partial charge in [0.1, 0.15) is 24.3 Å². The maximum atomic E-state index is 15.0. The number of nitrogens with one attached hydrogen (secondary N) is 3. The van der Waals surface area contributed by atoms with Crippen molar-refractivity contribution in [3.05, 3.63) is 83.7 Å². The minimum Gasteiger partial charge on any atom is -0.475 e. The van der Waals surface area contributed by atoms with Gasteiger partial charge in [0.05, 0.1) is 23.6 Å². The average molecular weight is 932 g/mol. The second-order valence-electron chi connectivity index (χ2n) is 15.9. The van der Waals surface area contributed by atoms with Crippen LogP contribution in [0, 0.1) is 17.0 Å². The maximum Gasteiger partial charge on any atom is 0.490 e. The highest BCUT2D eigenvalue weighted by molar-refractivity contribution is 7.91. The van der Waals surface area contributed by atoms with Gasteiger partial charge in [0, 0.05) is 56.1 Å². The van der Waals surface area contributed by atoms with Crippen molar-refractivity contribution in [3.8, 4) is 11.1 Å². The van der Waals surface area contributed by atoms with E-state index in [4.69, 9.17) is 21.4 Å². The Morgan fingerprint density at radius 1 is 0.891 bits per heavy atom. The molecule has 0 radical (unpaired) electrons. The summed E-state index contributed by atoms with van der Waals surface area (Å²) in [7, 11) is -3.72. The van der Waals surface area contributed by atoms with E-state index in [0.717, 1.165) is 23.8 Å². The van der Waals surface area contributed by atoms with E-state index in [2.05, 4.69) is 16.0 Å². The number of alkyl halides is 3. The van der Waals surface area contributed by atoms with E-state index in [9.17, 15) is 50.3 Å². The van der Waals surface area contributed by atoms with E-state index in [1.807, 2.05) is 55.7 Å². The van der Waals surface area contributed by atoms with Crippen molar-refractivity contribution in [2.45, 2.75) is 84.2 Å². The number of benzene rings is 2. The van der Waals surface area contributed by atoms with Gasteiger partial charge in [0.25, 0.3) is 0 Å². The molecule has 16 nitrogen and oxygen atoms in total. The summed E-state index contributed by atoms with van der Waals surface area (Å²) in [5, 5.41) is 24.8. The van der Waals surface area contributed by atoms with Gasteiger partial charge in [-0.05, 0) is 67.5 Å². The zero-order valence-electron chi connectivity index (χ0n) is 36.1. The number of aliphatic carboxylic acids is 1. The van der Waals surface area contributed by atoms with Crippen LogP contribution >= 0.6 is 0 Å². The van der Waals surface area contributed by atoms with Gasteiger partial charge in [-0.25, -0.2) is 22.0 Å². The smallest absolute Gasteiger partial charge is 0.475 e. The number of carbonyl (C=O) groups excluding carboxylic acids is 4. The van der Waals surface area contributed by atoms with E-state index < -0.39 is 98.9 Å². The molecule has 3 rings (SSSR count). The molecule has 0 unspecified atom stereocenters. The zero-order chi connectivity index (χ0) is 48.4. The number of rotatable bonds is 22. The van der Waals surface area contributed by atoms with Crippen molar-refractivity contribution in [1.82, 2.24) is 25.4 Å². The van der Waals surface area contributed by atoms with Crippen LogP contribution in [0.2, 0.25) is 0 Å². The molecule has 3 aromatic rings. The molecule has 356 valence electrons. The monoisotopic (exact) mass is 931 g/mol. The molecule has 0 fully saturated rings. The molecule has 1 heterocycles. The summed E-state index contributed by atoms with van der Waals surface area (Å²) in [6.07, 6.45) is -1.84. The third-order valence-electron chi connectivity index (χ3n) is 9.56. The lowest BCUT2D eigenvalue weighted by Crippen LogP contribution is -2.48. The van der Waals surface area contributed by atoms with Gasteiger partial charge in [-0.3, -0.25) is 19.2 Å². The van der Waals surface area contributed by atoms with Crippen molar-refractivity contribution >= 4 is 39.4 Å². The van der Waals surface area contributed by atoms with E-state index in [1.165, 1.54) is 11.8 Å². The number of carboxylic acid groups (broad SMARTS) is 1. The van der Waals surface area contributed by atoms with Crippen molar-refractivity contribution < 1.29 is 64.6 Å². The fourth-order valence-corrected chi connectivity index (χ4v) is 7.56. The molecule has 9 N–H and O–H groups in total. The van der Waals surface area contributed by atoms with Gasteiger partial charge in [-0.1, -0.05) is 51.1 Å². The Morgan fingerprint density at radius 2 is 1.48 bits per heavy atom. The Hall–Kier alpha value is -5.45. The SMILES string of the molecule is CC(=O)N[C@@H](CCCCN)C(=O)NCCS(=O)(=O)CCNC(=O)[C@@H](N)CCN(C(=O)CO)[C@@H](c1cc(-c2cc(F)ccc2F)cn1Cc1ccccc1)C(C)(C)C.O=C(O)C(F)(F)F. The third-order valence-corrected chi connectivity index (χ3v) is 11.2. The summed E-state index contributed by atoms with van der Waals surface area (Å²) in [5.74, 6) is -7.05. The number of hydrogen-bond donors (Lipinski definition) is 7. The first-order valence-corrected chi connectivity index (χ1v) is 22.0. The van der Waals surface area contributed by atoms with E-state index in [1.54, 1.807) is 12.3 Å². The first-order valence-electron chi connectivity index (χ1n) is 20.2. The van der Waals surface area contributed by atoms with Crippen molar-refractivity contribution in [2.75, 3.05) is 44.3 Å². The summed E-state index contributed by atoms with van der Waals surface area (Å²) in [6.45, 7) is 6.33. The van der Waals surface area contributed by atoms with Gasteiger partial charge in [-0.2, -0.15) is 13.2 Å². The number of nitrogens with two attached hydrogens (primary N) is 2. The molecule has 22 heteroatoms. The number of amides is 4. The predicted molar refractivity (Wildman–Crippen MR) is 228 cm³/mol. The average Bonchev–Trinajstić information content (AvgIpc) is 3.60. The van der Waals surface area contributed by atoms with Gasteiger partial charge in [0.2, 0.25) is 23.6 Å². The molecule has 0 bridgehead atoms. The lowest BCUT2D eigenvalue weighted by molar-refractivity contribution is -0.192. The van der Waals surface area contributed by atoms with Crippen LogP contribution in [0.15, 0.2) is 60.8 Å². The molecule has 64 heavy (non-hydrogen) atoms. The van der Waals surface area contributed by atoms with Crippen LogP contribution in [0.3, 0.4) is 0 Å². The molecule has 4 amide bonds. The zero-order valence-corrected chi connectivity index (χ0v) is 36.9. The molecule has 2 aromatic carbocycles. The normalized spacial score (nSPS) is 13.1. The second-order valence-corrected chi connectivity index (χ2v) is 18.2. The quantitative estimate of drug-likeness (QED) is 0.0570. The highest BCUT2D eigenvalue weighted by atomic mass is 32.2. The highest BCUT2D eigenvalue weighted by Crippen LogP contribution is 2.41. The molecular formula is C42H58F5N7O9S. The van der Waals surface area contributed by atoms with Gasteiger partial charge >= 0.3 is 12.1 Å². The van der Waals surface area contributed by atoms with Crippen molar-refractivity contribution in [1.29, 1.82) is 0 Å². The van der Waals surface area contributed by atoms with Crippen LogP contribution < -0.4 is 27.4 Å². The lowest BCUT2D eigenvalue weighted by atomic mass is 9.82. The number of nitrogens with zero attached hydrogens (tertiary/aromatic N) is 2. The third kappa shape index (κ3) is 18.3. The topological polar surface area (TPSA) is 256 Å². The number of aromatic nitrogens is 1. The molecule has 0 aliphatic heterocycles. The largest absolute Gasteiger partial charge is 0.490 e. The Kier molecular flexibility index (Phi) is 21.5. The van der Waals surface area contributed by atoms with Gasteiger partial charge < -0.3 is 47.1 Å². The van der Waals surface area contributed by atoms with Crippen molar-refractivity contribution in [2.24, 2.45) is 16.9 Å². The van der Waals surface area contributed by atoms with E-state index in [0.29, 0.717) is 43.6 Å². The number of carbonyl (C=O) groups is 5. The summed E-state index contributed by atoms with van der Waals surface area (Å²) in [5.41, 5.74) is 12.9. The number of aliphatic hydroxyl groups excluding tert-OH is 1. The Bertz CT molecular complexity index is 2130. The molecule has 0 saturated heterocycles. The van der Waals surface area contributed by atoms with Crippen LogP contribution in [0.1, 0.15) is 70.7 Å². The molecule has 0 saturated carbocycles. The minimum absolute atomic E-state index is 0.0332. The number of sulfone groups is 1. The Balaban J connectivity index is 0.00000185. The number of carboxylic acids is 1. The number of hydrogen-bond acceptors (Lipinski definition) is 10. The summed E-state index contributed by atoms with van der Waals surface area (Å²) in [4.78, 5) is 60.9. The number of halogens is 5. The summed E-state index contributed by atoms with van der Waals surface area (Å²) >= 11 is 0. The minimum atomic E-state index is -5.08. The summed E-state index contributed by atoms with van der Waals surface area (Å²) in [6, 6.07) is 11.6. The molecule has 0 spiro atoms. The van der Waals surface area contributed by atoms with Crippen LogP contribution in [0.25, 0.3) is 11.1 Å². The predicted octanol–water partition coefficient (Wildman–Crippen LogP) is 3.02. The maximum absolute atomic E-state index is 15.0. The fraction of sp³-hybridized carbons (Fsp3) is 0.500. The number of unbranched alkanes of at least 4 members (excludes halogenated alkanes) is 1. The molecule has 0 aliphatic carbocycles. The number of aliphatic hydroxyl groups is 1. The molecular weight excluding hydrogens is 874 g/mol. The van der Waals surface area contributed by atoms with Crippen LogP contribution in [-0.2, 0) is 40.4 Å². The Labute approximate surface area is 368 Å². The molecule has 1 aromatic heterocycles. The van der Waals surface area contributed by atoms with Crippen molar-refractivity contribution in [3.63, 3.8) is 0 Å². The fourth-order valence-electron chi connectivity index (χ4n) is 6.53. The standard InChI is InChI=1S/C40H57F2N7O7S.C2HF3O2/c1-27(51)47-34(12-8-9-16-43)39(54)46-18-21-57(55,56)20-17-45-38(53)33(44)15-19-49(36(52)26-50)37(40(2,3)4)35-22-29(31-23-30(41)13-14-32(31)42)25-48(35)24-28-10-6-5-7-11-28;3-2(4,5)1(6)7/h5-7,10-11,13-14,22-23,25,33-34,37,50H,8-9,12,15-21,24,26,43-44H2,1-4H3,(H,45,53)(H,46,54)(H,47,51);(H,6,7)/t33-,34-,37-;/m0./s1. The summed E-state index contributed by atoms with van der Waals surface area (Å²) < 4.78 is 88.3. The van der Waals surface area contributed by atoms with Crippen LogP contribution in [0.5, 0.6) is 0 Å².